The molecule has 2 rings (SSSR count). The molecule has 0 aliphatic carbocycles. The Labute approximate surface area is 91.9 Å². The minimum Gasteiger partial charge on any atom is -0.438 e. The SMILES string of the molecule is CCc1oc(C=O)nc1-c1ccc(F)cc1. The van der Waals surface area contributed by atoms with E-state index in [4.69, 9.17) is 4.42 Å². The molecule has 0 aliphatic rings. The fraction of sp³-hybridized carbons (Fsp3) is 0.167. The van der Waals surface area contributed by atoms with E-state index in [1.807, 2.05) is 6.92 Å². The van der Waals surface area contributed by atoms with Crippen LogP contribution in [-0.2, 0) is 6.42 Å². The molecule has 1 aromatic carbocycles. The Morgan fingerprint density at radius 2 is 2.06 bits per heavy atom. The lowest BCUT2D eigenvalue weighted by molar-refractivity contribution is 0.109. The van der Waals surface area contributed by atoms with Crippen molar-refractivity contribution in [3.63, 3.8) is 0 Å². The van der Waals surface area contributed by atoms with Crippen molar-refractivity contribution < 1.29 is 13.6 Å². The minimum atomic E-state index is -0.305. The molecule has 0 bridgehead atoms. The van der Waals surface area contributed by atoms with Crippen molar-refractivity contribution in [1.29, 1.82) is 0 Å². The summed E-state index contributed by atoms with van der Waals surface area (Å²) in [4.78, 5) is 14.6. The lowest BCUT2D eigenvalue weighted by atomic mass is 10.1. The van der Waals surface area contributed by atoms with Gasteiger partial charge >= 0.3 is 0 Å². The molecule has 0 amide bonds. The number of aldehydes is 1. The van der Waals surface area contributed by atoms with Crippen LogP contribution >= 0.6 is 0 Å². The van der Waals surface area contributed by atoms with E-state index in [9.17, 15) is 9.18 Å². The highest BCUT2D eigenvalue weighted by atomic mass is 19.1. The molecule has 16 heavy (non-hydrogen) atoms. The summed E-state index contributed by atoms with van der Waals surface area (Å²) in [6.45, 7) is 1.90. The van der Waals surface area contributed by atoms with Crippen LogP contribution in [-0.4, -0.2) is 11.3 Å². The van der Waals surface area contributed by atoms with Gasteiger partial charge in [-0.25, -0.2) is 9.37 Å². The van der Waals surface area contributed by atoms with E-state index in [0.29, 0.717) is 24.2 Å². The number of halogens is 1. The molecule has 0 unspecified atom stereocenters. The summed E-state index contributed by atoms with van der Waals surface area (Å²) in [5, 5.41) is 0. The number of aryl methyl sites for hydroxylation is 1. The van der Waals surface area contributed by atoms with Crippen LogP contribution in [0, 0.1) is 5.82 Å². The van der Waals surface area contributed by atoms with Crippen molar-refractivity contribution in [2.45, 2.75) is 13.3 Å². The van der Waals surface area contributed by atoms with E-state index in [0.717, 1.165) is 5.56 Å². The second-order valence-corrected chi connectivity index (χ2v) is 3.30. The Morgan fingerprint density at radius 1 is 1.38 bits per heavy atom. The van der Waals surface area contributed by atoms with Crippen molar-refractivity contribution >= 4 is 6.29 Å². The maximum Gasteiger partial charge on any atom is 0.260 e. The predicted octanol–water partition coefficient (Wildman–Crippen LogP) is 2.86. The molecule has 0 aliphatic heterocycles. The van der Waals surface area contributed by atoms with E-state index in [-0.39, 0.29) is 11.7 Å². The van der Waals surface area contributed by atoms with Crippen molar-refractivity contribution in [3.8, 4) is 11.3 Å². The quantitative estimate of drug-likeness (QED) is 0.745. The normalized spacial score (nSPS) is 10.4. The molecule has 0 saturated heterocycles. The summed E-state index contributed by atoms with van der Waals surface area (Å²) in [6.07, 6.45) is 1.19. The maximum atomic E-state index is 12.8. The molecule has 1 aromatic heterocycles. The third-order valence-corrected chi connectivity index (χ3v) is 2.25. The number of carbonyl (C=O) groups excluding carboxylic acids is 1. The minimum absolute atomic E-state index is 0.0520. The van der Waals surface area contributed by atoms with Gasteiger partial charge in [-0.1, -0.05) is 6.92 Å². The smallest absolute Gasteiger partial charge is 0.260 e. The highest BCUT2D eigenvalue weighted by Crippen LogP contribution is 2.24. The van der Waals surface area contributed by atoms with Crippen LogP contribution in [0.25, 0.3) is 11.3 Å². The number of hydrogen-bond acceptors (Lipinski definition) is 3. The molecule has 2 aromatic rings. The number of rotatable bonds is 3. The molecular formula is C12H10FNO2. The van der Waals surface area contributed by atoms with Crippen LogP contribution in [0.4, 0.5) is 4.39 Å². The van der Waals surface area contributed by atoms with E-state index >= 15 is 0 Å². The zero-order valence-electron chi connectivity index (χ0n) is 8.74. The Bertz CT molecular complexity index is 502. The first-order chi connectivity index (χ1) is 7.74. The van der Waals surface area contributed by atoms with Crippen LogP contribution in [0.15, 0.2) is 28.7 Å². The van der Waals surface area contributed by atoms with Crippen LogP contribution in [0.5, 0.6) is 0 Å². The van der Waals surface area contributed by atoms with Crippen LogP contribution in [0.3, 0.4) is 0 Å². The van der Waals surface area contributed by atoms with Crippen molar-refractivity contribution in [1.82, 2.24) is 4.98 Å². The monoisotopic (exact) mass is 219 g/mol. The lowest BCUT2D eigenvalue weighted by Crippen LogP contribution is -1.85. The largest absolute Gasteiger partial charge is 0.438 e. The van der Waals surface area contributed by atoms with Gasteiger partial charge in [0.05, 0.1) is 0 Å². The average Bonchev–Trinajstić information content (AvgIpc) is 2.73. The van der Waals surface area contributed by atoms with Gasteiger partial charge in [0.2, 0.25) is 6.29 Å². The Morgan fingerprint density at radius 3 is 2.62 bits per heavy atom. The summed E-state index contributed by atoms with van der Waals surface area (Å²) in [6, 6.07) is 5.93. The summed E-state index contributed by atoms with van der Waals surface area (Å²) < 4.78 is 18.0. The van der Waals surface area contributed by atoms with Gasteiger partial charge in [-0.05, 0) is 24.3 Å². The topological polar surface area (TPSA) is 43.1 Å². The van der Waals surface area contributed by atoms with Crippen molar-refractivity contribution in [3.05, 3.63) is 41.7 Å². The van der Waals surface area contributed by atoms with Crippen molar-refractivity contribution in [2.75, 3.05) is 0 Å². The Hall–Kier alpha value is -1.97. The molecule has 0 radical (unpaired) electrons. The lowest BCUT2D eigenvalue weighted by Gasteiger charge is -1.98. The average molecular weight is 219 g/mol. The van der Waals surface area contributed by atoms with Crippen LogP contribution < -0.4 is 0 Å². The van der Waals surface area contributed by atoms with Gasteiger partial charge in [-0.2, -0.15) is 0 Å². The van der Waals surface area contributed by atoms with Gasteiger partial charge in [-0.3, -0.25) is 4.79 Å². The van der Waals surface area contributed by atoms with E-state index in [1.165, 1.54) is 12.1 Å². The van der Waals surface area contributed by atoms with Gasteiger partial charge in [0, 0.05) is 12.0 Å². The highest BCUT2D eigenvalue weighted by molar-refractivity contribution is 5.71. The standard InChI is InChI=1S/C12H10FNO2/c1-2-10-12(14-11(7-15)16-10)8-3-5-9(13)6-4-8/h3-7H,2H2,1H3. The first-order valence-corrected chi connectivity index (χ1v) is 4.95. The van der Waals surface area contributed by atoms with Gasteiger partial charge in [-0.15, -0.1) is 0 Å². The summed E-state index contributed by atoms with van der Waals surface area (Å²) in [7, 11) is 0. The Balaban J connectivity index is 2.49. The first-order valence-electron chi connectivity index (χ1n) is 4.95. The maximum absolute atomic E-state index is 12.8. The number of carbonyl (C=O) groups is 1. The van der Waals surface area contributed by atoms with E-state index in [2.05, 4.69) is 4.98 Å². The molecule has 0 fully saturated rings. The molecular weight excluding hydrogens is 209 g/mol. The fourth-order valence-corrected chi connectivity index (χ4v) is 1.49. The summed E-state index contributed by atoms with van der Waals surface area (Å²) >= 11 is 0. The fourth-order valence-electron chi connectivity index (χ4n) is 1.49. The highest BCUT2D eigenvalue weighted by Gasteiger charge is 2.12. The number of benzene rings is 1. The zero-order chi connectivity index (χ0) is 11.5. The van der Waals surface area contributed by atoms with Crippen LogP contribution in [0.1, 0.15) is 23.4 Å². The molecule has 82 valence electrons. The predicted molar refractivity (Wildman–Crippen MR) is 56.7 cm³/mol. The summed E-state index contributed by atoms with van der Waals surface area (Å²) in [5.74, 6) is 0.380. The molecule has 1 heterocycles. The number of aromatic nitrogens is 1. The number of oxazole rings is 1. The molecule has 0 saturated carbocycles. The molecule has 0 spiro atoms. The zero-order valence-corrected chi connectivity index (χ0v) is 8.74. The second kappa shape index (κ2) is 4.26. The molecule has 0 atom stereocenters. The van der Waals surface area contributed by atoms with Crippen molar-refractivity contribution in [2.24, 2.45) is 0 Å². The molecule has 4 heteroatoms. The van der Waals surface area contributed by atoms with Gasteiger partial charge in [0.1, 0.15) is 17.3 Å². The molecule has 3 nitrogen and oxygen atoms in total. The number of hydrogen-bond donors (Lipinski definition) is 0. The molecule has 0 N–H and O–H groups in total. The van der Waals surface area contributed by atoms with Gasteiger partial charge in [0.25, 0.3) is 5.89 Å². The van der Waals surface area contributed by atoms with Crippen LogP contribution in [0.2, 0.25) is 0 Å². The second-order valence-electron chi connectivity index (χ2n) is 3.30. The summed E-state index contributed by atoms with van der Waals surface area (Å²) in [5.41, 5.74) is 1.35. The third kappa shape index (κ3) is 1.86. The van der Waals surface area contributed by atoms with E-state index < -0.39 is 0 Å². The van der Waals surface area contributed by atoms with Gasteiger partial charge < -0.3 is 4.42 Å². The Kier molecular flexibility index (Phi) is 2.81. The number of nitrogens with zero attached hydrogens (tertiary/aromatic N) is 1. The first kappa shape index (κ1) is 10.5. The van der Waals surface area contributed by atoms with E-state index in [1.54, 1.807) is 12.1 Å². The third-order valence-electron chi connectivity index (χ3n) is 2.25. The van der Waals surface area contributed by atoms with Gasteiger partial charge in [0.15, 0.2) is 0 Å².